The number of alkyl halides is 3. The van der Waals surface area contributed by atoms with Crippen molar-refractivity contribution in [1.82, 2.24) is 15.5 Å². The van der Waals surface area contributed by atoms with Gasteiger partial charge in [0.15, 0.2) is 0 Å². The first-order valence-electron chi connectivity index (χ1n) is 7.66. The minimum absolute atomic E-state index is 0.323. The summed E-state index contributed by atoms with van der Waals surface area (Å²) in [6, 6.07) is 3.70. The van der Waals surface area contributed by atoms with E-state index in [-0.39, 0.29) is 0 Å². The van der Waals surface area contributed by atoms with Crippen molar-refractivity contribution in [3.8, 4) is 0 Å². The molecule has 0 aliphatic carbocycles. The van der Waals surface area contributed by atoms with Crippen LogP contribution in [0.4, 0.5) is 13.2 Å². The van der Waals surface area contributed by atoms with Crippen LogP contribution in [0.5, 0.6) is 0 Å². The minimum atomic E-state index is -4.37. The molecule has 1 aromatic carbocycles. The molecule has 1 aromatic rings. The van der Waals surface area contributed by atoms with E-state index in [9.17, 15) is 18.0 Å². The molecule has 1 unspecified atom stereocenters. The second-order valence-electron chi connectivity index (χ2n) is 5.87. The number of nitrogens with one attached hydrogen (secondary N) is 2. The highest BCUT2D eigenvalue weighted by atomic mass is 19.4. The molecule has 0 bridgehead atoms. The quantitative estimate of drug-likeness (QED) is 0.886. The summed E-state index contributed by atoms with van der Waals surface area (Å²) in [5, 5.41) is 5.48. The monoisotopic (exact) mass is 329 g/mol. The van der Waals surface area contributed by atoms with Crippen LogP contribution in [-0.4, -0.2) is 55.7 Å². The van der Waals surface area contributed by atoms with Crippen LogP contribution >= 0.6 is 0 Å². The predicted molar refractivity (Wildman–Crippen MR) is 82.5 cm³/mol. The number of aryl methyl sites for hydroxylation is 2. The molecule has 128 valence electrons. The Morgan fingerprint density at radius 2 is 1.96 bits per heavy atom. The van der Waals surface area contributed by atoms with Gasteiger partial charge in [-0.3, -0.25) is 9.69 Å². The number of amides is 1. The van der Waals surface area contributed by atoms with E-state index in [0.29, 0.717) is 31.7 Å². The second kappa shape index (κ2) is 7.31. The molecule has 1 aliphatic rings. The number of nitrogens with zero attached hydrogens (tertiary/aromatic N) is 1. The molecule has 2 N–H and O–H groups in total. The lowest BCUT2D eigenvalue weighted by molar-refractivity contribution is -0.183. The fourth-order valence-electron chi connectivity index (χ4n) is 2.71. The summed E-state index contributed by atoms with van der Waals surface area (Å²) < 4.78 is 39.9. The third-order valence-electron chi connectivity index (χ3n) is 4.06. The predicted octanol–water partition coefficient (Wildman–Crippen LogP) is 1.87. The third-order valence-corrected chi connectivity index (χ3v) is 4.06. The highest BCUT2D eigenvalue weighted by Crippen LogP contribution is 2.25. The molecule has 7 heteroatoms. The highest BCUT2D eigenvalue weighted by molar-refractivity contribution is 5.95. The average molecular weight is 329 g/mol. The molecule has 1 aliphatic heterocycles. The van der Waals surface area contributed by atoms with Crippen molar-refractivity contribution in [2.45, 2.75) is 26.1 Å². The molecule has 23 heavy (non-hydrogen) atoms. The Kier molecular flexibility index (Phi) is 5.64. The molecule has 0 aromatic heterocycles. The largest absolute Gasteiger partial charge is 0.405 e. The lowest BCUT2D eigenvalue weighted by Crippen LogP contribution is -2.57. The SMILES string of the molecule is Cc1ccc(C)c(C(=O)NCC(N2CCNCC2)C(F)(F)F)c1. The van der Waals surface area contributed by atoms with Crippen molar-refractivity contribution >= 4 is 5.91 Å². The lowest BCUT2D eigenvalue weighted by Gasteiger charge is -2.35. The molecular weight excluding hydrogens is 307 g/mol. The Morgan fingerprint density at radius 3 is 2.57 bits per heavy atom. The molecule has 0 saturated carbocycles. The summed E-state index contributed by atoms with van der Waals surface area (Å²) in [5.74, 6) is -0.462. The van der Waals surface area contributed by atoms with Crippen molar-refractivity contribution < 1.29 is 18.0 Å². The second-order valence-corrected chi connectivity index (χ2v) is 5.87. The Balaban J connectivity index is 2.05. The maximum atomic E-state index is 13.3. The Hall–Kier alpha value is -1.60. The molecule has 1 atom stereocenters. The number of hydrogen-bond acceptors (Lipinski definition) is 3. The van der Waals surface area contributed by atoms with Crippen LogP contribution in [-0.2, 0) is 0 Å². The van der Waals surface area contributed by atoms with Crippen molar-refractivity contribution in [2.75, 3.05) is 32.7 Å². The van der Waals surface area contributed by atoms with Gasteiger partial charge in [0.2, 0.25) is 0 Å². The number of hydrogen-bond donors (Lipinski definition) is 2. The molecule has 0 spiro atoms. The fraction of sp³-hybridized carbons (Fsp3) is 0.562. The molecular formula is C16H22F3N3O. The van der Waals surface area contributed by atoms with Gasteiger partial charge in [0.05, 0.1) is 0 Å². The summed E-state index contributed by atoms with van der Waals surface area (Å²) in [6.07, 6.45) is -4.37. The van der Waals surface area contributed by atoms with Crippen LogP contribution in [0, 0.1) is 13.8 Å². The zero-order chi connectivity index (χ0) is 17.0. The molecule has 1 amide bonds. The first-order valence-corrected chi connectivity index (χ1v) is 7.66. The van der Waals surface area contributed by atoms with E-state index in [1.54, 1.807) is 19.1 Å². The van der Waals surface area contributed by atoms with E-state index in [1.807, 2.05) is 13.0 Å². The van der Waals surface area contributed by atoms with E-state index in [4.69, 9.17) is 0 Å². The molecule has 4 nitrogen and oxygen atoms in total. The van der Waals surface area contributed by atoms with Gasteiger partial charge in [0.25, 0.3) is 5.91 Å². The van der Waals surface area contributed by atoms with Gasteiger partial charge < -0.3 is 10.6 Å². The van der Waals surface area contributed by atoms with Gasteiger partial charge in [-0.15, -0.1) is 0 Å². The minimum Gasteiger partial charge on any atom is -0.350 e. The van der Waals surface area contributed by atoms with E-state index in [1.165, 1.54) is 4.90 Å². The molecule has 0 radical (unpaired) electrons. The smallest absolute Gasteiger partial charge is 0.350 e. The van der Waals surface area contributed by atoms with Gasteiger partial charge in [0.1, 0.15) is 6.04 Å². The maximum absolute atomic E-state index is 13.3. The summed E-state index contributed by atoms with van der Waals surface area (Å²) in [4.78, 5) is 13.6. The summed E-state index contributed by atoms with van der Waals surface area (Å²) in [7, 11) is 0. The van der Waals surface area contributed by atoms with E-state index in [0.717, 1.165) is 11.1 Å². The van der Waals surface area contributed by atoms with Crippen LogP contribution in [0.1, 0.15) is 21.5 Å². The van der Waals surface area contributed by atoms with Gasteiger partial charge in [-0.25, -0.2) is 0 Å². The topological polar surface area (TPSA) is 44.4 Å². The molecule has 2 rings (SSSR count). The number of halogens is 3. The molecule has 1 fully saturated rings. The van der Waals surface area contributed by atoms with Crippen molar-refractivity contribution in [2.24, 2.45) is 0 Å². The fourth-order valence-corrected chi connectivity index (χ4v) is 2.71. The van der Waals surface area contributed by atoms with Crippen LogP contribution in [0.2, 0.25) is 0 Å². The van der Waals surface area contributed by atoms with Crippen LogP contribution in [0.15, 0.2) is 18.2 Å². The Labute approximate surface area is 134 Å². The summed E-state index contributed by atoms with van der Waals surface area (Å²) >= 11 is 0. The standard InChI is InChI=1S/C16H22F3N3O/c1-11-3-4-12(2)13(9-11)15(23)21-10-14(16(17,18)19)22-7-5-20-6-8-22/h3-4,9,14,20H,5-8,10H2,1-2H3,(H,21,23). The van der Waals surface area contributed by atoms with Crippen molar-refractivity contribution in [3.63, 3.8) is 0 Å². The van der Waals surface area contributed by atoms with Crippen molar-refractivity contribution in [1.29, 1.82) is 0 Å². The number of carbonyl (C=O) groups is 1. The van der Waals surface area contributed by atoms with Crippen LogP contribution in [0.25, 0.3) is 0 Å². The van der Waals surface area contributed by atoms with E-state index >= 15 is 0 Å². The van der Waals surface area contributed by atoms with Crippen molar-refractivity contribution in [3.05, 3.63) is 34.9 Å². The zero-order valence-corrected chi connectivity index (χ0v) is 13.3. The molecule has 1 heterocycles. The van der Waals surface area contributed by atoms with Crippen LogP contribution in [0.3, 0.4) is 0 Å². The van der Waals surface area contributed by atoms with Gasteiger partial charge in [-0.2, -0.15) is 13.2 Å². The van der Waals surface area contributed by atoms with Gasteiger partial charge in [-0.1, -0.05) is 17.7 Å². The first-order chi connectivity index (χ1) is 10.8. The number of benzene rings is 1. The normalized spacial score (nSPS) is 17.8. The van der Waals surface area contributed by atoms with Gasteiger partial charge in [-0.05, 0) is 25.5 Å². The van der Waals surface area contributed by atoms with Crippen LogP contribution < -0.4 is 10.6 Å². The van der Waals surface area contributed by atoms with E-state index in [2.05, 4.69) is 10.6 Å². The first kappa shape index (κ1) is 17.7. The summed E-state index contributed by atoms with van der Waals surface area (Å²) in [6.45, 7) is 4.87. The lowest BCUT2D eigenvalue weighted by atomic mass is 10.0. The Morgan fingerprint density at radius 1 is 1.30 bits per heavy atom. The van der Waals surface area contributed by atoms with E-state index < -0.39 is 24.7 Å². The highest BCUT2D eigenvalue weighted by Gasteiger charge is 2.43. The number of rotatable bonds is 4. The number of carbonyl (C=O) groups excluding carboxylic acids is 1. The van der Waals surface area contributed by atoms with Gasteiger partial charge in [0, 0.05) is 38.3 Å². The Bertz CT molecular complexity index is 554. The average Bonchev–Trinajstić information content (AvgIpc) is 2.49. The zero-order valence-electron chi connectivity index (χ0n) is 13.3. The summed E-state index contributed by atoms with van der Waals surface area (Å²) in [5.41, 5.74) is 2.07. The third kappa shape index (κ3) is 4.68. The molecule has 1 saturated heterocycles. The maximum Gasteiger partial charge on any atom is 0.405 e. The number of piperazine rings is 1. The van der Waals surface area contributed by atoms with Gasteiger partial charge >= 0.3 is 6.18 Å².